The number of hydrogen-bond acceptors (Lipinski definition) is 45. The van der Waals surface area contributed by atoms with E-state index in [-0.39, 0.29) is 6.42 Å². The van der Waals surface area contributed by atoms with Gasteiger partial charge in [-0.1, -0.05) is 71.1 Å². The van der Waals surface area contributed by atoms with Crippen LogP contribution in [0.5, 0.6) is 0 Å². The maximum Gasteiger partial charge on any atom is 0.338 e. The second-order valence-corrected chi connectivity index (χ2v) is 294. The molecule has 0 bridgehead atoms. The largest absolute Gasteiger partial charge is 0.442 e. The molecule has 8 atom stereocenters. The lowest BCUT2D eigenvalue weighted by atomic mass is 10.1. The lowest BCUT2D eigenvalue weighted by molar-refractivity contribution is 0.289. The van der Waals surface area contributed by atoms with Gasteiger partial charge in [-0.2, -0.15) is 0 Å². The molecule has 113 heavy (non-hydrogen) atoms. The zero-order valence-electron chi connectivity index (χ0n) is 67.1. The summed E-state index contributed by atoms with van der Waals surface area (Å²) in [5.41, 5.74) is 0. The molecular weight excluding hydrogens is 2280 g/mol. The third-order valence-electron chi connectivity index (χ3n) is 20.2. The van der Waals surface area contributed by atoms with E-state index in [9.17, 15) is 138 Å². The van der Waals surface area contributed by atoms with Gasteiger partial charge in [0.1, 0.15) is 0 Å². The van der Waals surface area contributed by atoms with Crippen molar-refractivity contribution in [2.24, 2.45) is 0 Å². The highest BCUT2D eigenvalue weighted by Gasteiger charge is 3.03. The highest BCUT2D eigenvalue weighted by Crippen LogP contribution is 2.58. The summed E-state index contributed by atoms with van der Waals surface area (Å²) < 4.78 is 128. The van der Waals surface area contributed by atoms with Crippen molar-refractivity contribution in [3.8, 4) is 0 Å². The maximum absolute atomic E-state index is 14.7. The summed E-state index contributed by atoms with van der Waals surface area (Å²) in [6.07, 6.45) is 7.36. The fourth-order valence-electron chi connectivity index (χ4n) is 15.0. The second kappa shape index (κ2) is 55.6. The van der Waals surface area contributed by atoms with Crippen LogP contribution in [0.15, 0.2) is 0 Å². The molecule has 0 rings (SSSR count). The molecule has 0 aliphatic heterocycles. The average molecular weight is 2420 g/mol. The van der Waals surface area contributed by atoms with Crippen molar-refractivity contribution in [2.75, 3.05) is 7.11 Å². The van der Waals surface area contributed by atoms with E-state index in [1.165, 1.54) is 26.2 Å². The molecule has 0 aliphatic rings. The molecule has 0 amide bonds. The van der Waals surface area contributed by atoms with Gasteiger partial charge in [-0.15, -0.1) is 0 Å². The van der Waals surface area contributed by atoms with Gasteiger partial charge in [0, 0.05) is 16.9 Å². The smallest absolute Gasteiger partial charge is 0.338 e. The molecule has 8 unspecified atom stereocenters. The SMILES string of the molecule is CCCCCCCCCCCC[Si](C)(O)[Si](O[SiH2]O)(O[Si]([Si](O[SiH2]O)([SiH2]O)[SiH2]O)([Si](O[Si](C)(C)O[Si](C)(C)C)(O[Si](O[Si](O[SiH](C)O)([SiH2]O)[SiH2]O)([Si](O[SiH2]O)([SiH2]O)[SiH2]O)[Si](O[SiH2]O)([SiH2]O)[SiH2]O)[Si](O[Si](O[SiH2]O)([SiH2]O)[SiH2]O)([Si](O[SiH2]O)([SiH2]O)[SiH2]O)[Si](O[SiH2]O)([SiH2]O)[SiH2]O)[Si](O[SiH](C)O)([Si](C)([SiH3])OC)[Si](O[SiH2]O)([SiH2]O)[SiH2]O)[SiH2]O. The Labute approximate surface area is 737 Å². The van der Waals surface area contributed by atoms with E-state index in [0.29, 0.717) is 19.3 Å². The van der Waals surface area contributed by atoms with Gasteiger partial charge in [-0.3, -0.25) is 0 Å². The van der Waals surface area contributed by atoms with Crippen LogP contribution in [-0.2, 0) is 70.3 Å². The zero-order valence-corrected chi connectivity index (χ0v) is 125. The Morgan fingerprint density at radius 2 is 0.628 bits per heavy atom. The van der Waals surface area contributed by atoms with Crippen LogP contribution < -0.4 is 0 Å². The molecule has 91 heteroatoms. The van der Waals surface area contributed by atoms with E-state index in [4.69, 9.17) is 66.2 Å². The Morgan fingerprint density at radius 3 is 0.920 bits per heavy atom. The molecule has 0 aliphatic carbocycles. The first kappa shape index (κ1) is 121. The van der Waals surface area contributed by atoms with Gasteiger partial charge >= 0.3 is 65.1 Å². The van der Waals surface area contributed by atoms with Crippen LogP contribution in [0, 0.1) is 0 Å². The minimum absolute atomic E-state index is 0.0415. The summed E-state index contributed by atoms with van der Waals surface area (Å²) in [4.78, 5) is 367. The summed E-state index contributed by atoms with van der Waals surface area (Å²) in [7, 11) is -152. The quantitative estimate of drug-likeness (QED) is 0.0199. The van der Waals surface area contributed by atoms with Crippen molar-refractivity contribution in [1.82, 2.24) is 0 Å². The van der Waals surface area contributed by atoms with Crippen LogP contribution in [-0.4, -0.2) is 539 Å². The fraction of sp³-hybridized carbons (Fsp3) is 1.00. The van der Waals surface area contributed by atoms with Crippen molar-refractivity contribution in [1.29, 1.82) is 0 Å². The first-order chi connectivity index (χ1) is 53.0. The van der Waals surface area contributed by atoms with Gasteiger partial charge < -0.3 is 205 Å². The molecular formula is C22H138O45Si46. The van der Waals surface area contributed by atoms with Crippen molar-refractivity contribution >= 4 is 398 Å². The van der Waals surface area contributed by atoms with E-state index >= 15 is 0 Å². The van der Waals surface area contributed by atoms with Crippen molar-refractivity contribution in [3.05, 3.63) is 0 Å². The van der Waals surface area contributed by atoms with E-state index < -0.39 is 404 Å². The molecule has 0 fully saturated rings. The van der Waals surface area contributed by atoms with Gasteiger partial charge in [-0.25, -0.2) is 0 Å². The number of hydrogen-bond donors (Lipinski definition) is 28. The minimum Gasteiger partial charge on any atom is -0.442 e. The highest BCUT2D eigenvalue weighted by atomic mass is 30.5. The van der Waals surface area contributed by atoms with Gasteiger partial charge in [0.15, 0.2) is 127 Å². The van der Waals surface area contributed by atoms with Crippen LogP contribution in [0.1, 0.15) is 71.1 Å². The van der Waals surface area contributed by atoms with Crippen LogP contribution in [0.3, 0.4) is 0 Å². The number of unbranched alkanes of at least 4 members (excludes halogenated alkanes) is 9. The maximum atomic E-state index is 14.7. The van der Waals surface area contributed by atoms with Crippen LogP contribution in [0.2, 0.25) is 65.0 Å². The van der Waals surface area contributed by atoms with Crippen molar-refractivity contribution in [2.45, 2.75) is 136 Å². The van der Waals surface area contributed by atoms with Gasteiger partial charge in [0.2, 0.25) is 88.6 Å². The fourth-order valence-corrected chi connectivity index (χ4v) is 932. The van der Waals surface area contributed by atoms with E-state index in [0.717, 1.165) is 58.7 Å². The Kier molecular flexibility index (Phi) is 59.6. The van der Waals surface area contributed by atoms with Gasteiger partial charge in [0.25, 0.3) is 108 Å². The molecule has 0 spiro atoms. The van der Waals surface area contributed by atoms with E-state index in [2.05, 4.69) is 6.92 Å². The first-order valence-electron chi connectivity index (χ1n) is 36.5. The van der Waals surface area contributed by atoms with Crippen LogP contribution in [0.25, 0.3) is 0 Å². The van der Waals surface area contributed by atoms with Crippen LogP contribution >= 0.6 is 0 Å². The van der Waals surface area contributed by atoms with E-state index in [1.54, 1.807) is 19.6 Å². The second-order valence-electron chi connectivity index (χ2n) is 29.2. The van der Waals surface area contributed by atoms with Crippen molar-refractivity contribution in [3.63, 3.8) is 0 Å². The summed E-state index contributed by atoms with van der Waals surface area (Å²) >= 11 is 0. The Balaban J connectivity index is 15.3. The standard InChI is InChI=1S/C22H138O45Si46/c1-12-13-14-15-16-17-18-19-20-21-22-98(10,50)102(81-35,53-70-24)66-113(110(92-46,93-47)59-76-30,111(61-95(4)49,99(11,68)51-2)107(86-40,87-41)56-73-27)104(63-97(8,9)62-96(5,6)7,112(108(88-42,89-43)57-74-28,109(90-44,91-45)58-75-29)65-100(77-31,78-32)52-69-23)67-103(105(82-36,83-37)54-71-25,106(84-38,85-39)55-72-26)64-101(79-33,80-34)60-94(3)48/h23-50,94-95H,12-22,69-93H2,1-11,68H3. The zero-order chi connectivity index (χ0) is 87.6. The molecule has 28 N–H and O–H groups in total. The number of rotatable bonds is 72. The first-order valence-corrected chi connectivity index (χ1v) is 153. The highest BCUT2D eigenvalue weighted by molar-refractivity contribution is 8.28. The predicted octanol–water partition coefficient (Wildman–Crippen LogP) is -38.7. The molecule has 0 heterocycles. The molecule has 0 saturated heterocycles. The third kappa shape index (κ3) is 26.4. The van der Waals surface area contributed by atoms with Gasteiger partial charge in [-0.05, 0) is 65.0 Å². The van der Waals surface area contributed by atoms with Crippen LogP contribution in [0.4, 0.5) is 0 Å². The molecule has 680 valence electrons. The van der Waals surface area contributed by atoms with E-state index in [1.807, 2.05) is 0 Å². The Hall–Kier alpha value is 8.18. The predicted molar refractivity (Wildman–Crippen MR) is 537 cm³/mol. The molecule has 0 aromatic carbocycles. The minimum atomic E-state index is -8.17. The summed E-state index contributed by atoms with van der Waals surface area (Å²) in [5.74, 6) is 0. The molecule has 0 aromatic heterocycles. The lowest BCUT2D eigenvalue weighted by Gasteiger charge is -2.74. The Bertz CT molecular complexity index is 2520. The molecule has 45 nitrogen and oxygen atoms in total. The lowest BCUT2D eigenvalue weighted by Crippen LogP contribution is -3.17. The normalized spacial score (nSPS) is 24.8. The average Bonchev–Trinajstić information content (AvgIpc) is 0.627. The van der Waals surface area contributed by atoms with Crippen molar-refractivity contribution < 1.29 is 205 Å². The Morgan fingerprint density at radius 1 is 0.310 bits per heavy atom. The van der Waals surface area contributed by atoms with Gasteiger partial charge in [0.05, 0.1) is 0 Å². The monoisotopic (exact) mass is 2410 g/mol. The summed E-state index contributed by atoms with van der Waals surface area (Å²) in [5, 5.41) is 0. The summed E-state index contributed by atoms with van der Waals surface area (Å²) in [6.45, 7) is -44.5. The molecule has 0 aromatic rings. The summed E-state index contributed by atoms with van der Waals surface area (Å²) in [6, 6.07) is -0.402. The third-order valence-corrected chi connectivity index (χ3v) is 512. The molecule has 0 radical (unpaired) electrons. The molecule has 0 saturated carbocycles. The topological polar surface area (TPSA) is 723 Å².